The van der Waals surface area contributed by atoms with E-state index in [9.17, 15) is 19.2 Å². The number of rotatable bonds is 11. The van der Waals surface area contributed by atoms with Gasteiger partial charge in [-0.05, 0) is 66.2 Å². The fourth-order valence-corrected chi connectivity index (χ4v) is 9.93. The second-order valence-corrected chi connectivity index (χ2v) is 18.5. The summed E-state index contributed by atoms with van der Waals surface area (Å²) in [6.45, 7) is 15.2. The molecular formula is C46H57N7O6S. The lowest BCUT2D eigenvalue weighted by Crippen LogP contribution is -2.53. The molecular weight excluding hydrogens is 779 g/mol. The number of aryl methyl sites for hydroxylation is 1. The van der Waals surface area contributed by atoms with Crippen molar-refractivity contribution in [1.82, 2.24) is 30.4 Å². The molecule has 7 rings (SSSR count). The number of hydrogen-bond donors (Lipinski definition) is 3. The Kier molecular flexibility index (Phi) is 12.5. The number of alkyl carbamates (subject to hydrolysis) is 2. The molecule has 0 bridgehead atoms. The van der Waals surface area contributed by atoms with Crippen LogP contribution >= 0.6 is 11.3 Å². The molecule has 4 amide bonds. The molecule has 0 spiro atoms. The van der Waals surface area contributed by atoms with Gasteiger partial charge in [0.15, 0.2) is 0 Å². The number of nitrogens with one attached hydrogen (secondary N) is 3. The Hall–Kier alpha value is -5.50. The van der Waals surface area contributed by atoms with E-state index < -0.39 is 24.3 Å². The summed E-state index contributed by atoms with van der Waals surface area (Å²) in [5, 5.41) is 5.47. The molecule has 3 aliphatic rings. The van der Waals surface area contributed by atoms with Crippen molar-refractivity contribution in [2.24, 2.45) is 28.7 Å². The highest BCUT2D eigenvalue weighted by Gasteiger charge is 2.42. The van der Waals surface area contributed by atoms with Crippen molar-refractivity contribution >= 4 is 46.7 Å². The van der Waals surface area contributed by atoms with Crippen LogP contribution in [0.2, 0.25) is 0 Å². The third-order valence-corrected chi connectivity index (χ3v) is 13.2. The van der Waals surface area contributed by atoms with Crippen LogP contribution in [0.4, 0.5) is 15.3 Å². The Morgan fingerprint density at radius 3 is 1.73 bits per heavy atom. The summed E-state index contributed by atoms with van der Waals surface area (Å²) < 4.78 is 9.60. The number of nitrogens with zero attached hydrogens (tertiary/aromatic N) is 4. The van der Waals surface area contributed by atoms with E-state index in [2.05, 4.69) is 84.1 Å². The van der Waals surface area contributed by atoms with E-state index >= 15 is 0 Å². The molecule has 4 aromatic rings. The highest BCUT2D eigenvalue weighted by Crippen LogP contribution is 2.43. The fraction of sp³-hybridized carbons (Fsp3) is 0.478. The van der Waals surface area contributed by atoms with Crippen LogP contribution in [0, 0.1) is 30.6 Å². The van der Waals surface area contributed by atoms with Gasteiger partial charge in [0.1, 0.15) is 17.9 Å². The van der Waals surface area contributed by atoms with Gasteiger partial charge in [-0.15, -0.1) is 11.3 Å². The van der Waals surface area contributed by atoms with Crippen LogP contribution in [-0.4, -0.2) is 94.9 Å². The van der Waals surface area contributed by atoms with Crippen molar-refractivity contribution in [3.8, 4) is 32.8 Å². The van der Waals surface area contributed by atoms with Crippen molar-refractivity contribution in [3.05, 3.63) is 71.0 Å². The number of ether oxygens (including phenoxy) is 2. The van der Waals surface area contributed by atoms with Gasteiger partial charge in [0, 0.05) is 46.2 Å². The fourth-order valence-electron chi connectivity index (χ4n) is 8.81. The molecule has 2 aromatic heterocycles. The molecule has 14 heteroatoms. The van der Waals surface area contributed by atoms with Crippen LogP contribution in [0.3, 0.4) is 0 Å². The van der Waals surface area contributed by atoms with E-state index in [1.165, 1.54) is 19.1 Å². The minimum Gasteiger partial charge on any atom is -0.453 e. The van der Waals surface area contributed by atoms with E-state index in [1.54, 1.807) is 11.3 Å². The second kappa shape index (κ2) is 17.6. The average Bonchev–Trinajstić information content (AvgIpc) is 4.07. The average molecular weight is 836 g/mol. The molecule has 0 unspecified atom stereocenters. The predicted octanol–water partition coefficient (Wildman–Crippen LogP) is 8.32. The molecule has 2 fully saturated rings. The number of hydrogen-bond acceptors (Lipinski definition) is 9. The first-order valence-corrected chi connectivity index (χ1v) is 21.7. The van der Waals surface area contributed by atoms with Crippen LogP contribution in [0.25, 0.3) is 32.8 Å². The number of carbonyl (C=O) groups is 4. The van der Waals surface area contributed by atoms with Gasteiger partial charge in [-0.1, -0.05) is 90.1 Å². The number of methoxy groups -OCH3 is 2. The van der Waals surface area contributed by atoms with Gasteiger partial charge in [-0.3, -0.25) is 14.6 Å². The molecule has 13 nitrogen and oxygen atoms in total. The number of amides is 4. The summed E-state index contributed by atoms with van der Waals surface area (Å²) in [6.07, 6.45) is 1.11. The van der Waals surface area contributed by atoms with E-state index in [4.69, 9.17) is 19.5 Å². The molecule has 0 saturated carbocycles. The summed E-state index contributed by atoms with van der Waals surface area (Å²) in [5.74, 6) is 0.936. The van der Waals surface area contributed by atoms with E-state index in [0.717, 1.165) is 68.6 Å². The van der Waals surface area contributed by atoms with Crippen LogP contribution in [-0.2, 0) is 25.5 Å². The number of aromatic nitrogens is 2. The number of aromatic amines is 1. The molecule has 2 saturated heterocycles. The maximum absolute atomic E-state index is 13.8. The highest BCUT2D eigenvalue weighted by atomic mass is 32.1. The van der Waals surface area contributed by atoms with Gasteiger partial charge in [-0.25, -0.2) is 14.6 Å². The molecule has 60 heavy (non-hydrogen) atoms. The zero-order valence-electron chi connectivity index (χ0n) is 36.0. The third kappa shape index (κ3) is 8.70. The van der Waals surface area contributed by atoms with Crippen molar-refractivity contribution in [2.75, 3.05) is 27.3 Å². The number of likely N-dealkylation sites (tertiary alicyclic amines) is 2. The van der Waals surface area contributed by atoms with Crippen LogP contribution in [0.1, 0.15) is 76.8 Å². The third-order valence-electron chi connectivity index (χ3n) is 12.0. The topological polar surface area (TPSA) is 158 Å². The Balaban J connectivity index is 1.02. The summed E-state index contributed by atoms with van der Waals surface area (Å²) >= 11 is 1.75. The van der Waals surface area contributed by atoms with Gasteiger partial charge >= 0.3 is 12.2 Å². The maximum Gasteiger partial charge on any atom is 0.407 e. The number of thiophene rings is 1. The first-order chi connectivity index (χ1) is 28.6. The Labute approximate surface area is 356 Å². The predicted molar refractivity (Wildman–Crippen MR) is 234 cm³/mol. The van der Waals surface area contributed by atoms with Gasteiger partial charge in [0.2, 0.25) is 11.8 Å². The van der Waals surface area contributed by atoms with E-state index in [1.807, 2.05) is 44.4 Å². The zero-order valence-corrected chi connectivity index (χ0v) is 36.8. The highest BCUT2D eigenvalue weighted by molar-refractivity contribution is 7.16. The number of imidazole rings is 1. The lowest BCUT2D eigenvalue weighted by atomic mass is 10.0. The normalized spacial score (nSPS) is 20.9. The summed E-state index contributed by atoms with van der Waals surface area (Å²) in [7, 11) is 2.61. The largest absolute Gasteiger partial charge is 0.453 e. The van der Waals surface area contributed by atoms with Crippen molar-refractivity contribution in [2.45, 2.75) is 91.9 Å². The molecule has 0 aliphatic carbocycles. The lowest BCUT2D eigenvalue weighted by Gasteiger charge is -2.31. The first-order valence-electron chi connectivity index (χ1n) is 20.9. The van der Waals surface area contributed by atoms with E-state index in [0.29, 0.717) is 25.4 Å². The van der Waals surface area contributed by atoms with Crippen LogP contribution < -0.4 is 10.6 Å². The second-order valence-electron chi connectivity index (χ2n) is 17.4. The lowest BCUT2D eigenvalue weighted by molar-refractivity contribution is -0.136. The Bertz CT molecular complexity index is 2260. The van der Waals surface area contributed by atoms with Crippen molar-refractivity contribution in [3.63, 3.8) is 0 Å². The minimum absolute atomic E-state index is 0.0871. The van der Waals surface area contributed by atoms with E-state index in [-0.39, 0.29) is 41.7 Å². The molecule has 3 N–H and O–H groups in total. The summed E-state index contributed by atoms with van der Waals surface area (Å²) in [5.41, 5.74) is 8.06. The smallest absolute Gasteiger partial charge is 0.407 e. The maximum atomic E-state index is 13.8. The van der Waals surface area contributed by atoms with Crippen molar-refractivity contribution in [1.29, 1.82) is 0 Å². The van der Waals surface area contributed by atoms with Crippen LogP contribution in [0.5, 0.6) is 0 Å². The quantitative estimate of drug-likeness (QED) is 0.137. The molecule has 6 atom stereocenters. The molecule has 3 aliphatic heterocycles. The SMILES string of the molecule is COC(=O)N[C@H](C(=O)N1C[C@@H](C)C[C@H]1C1=Nc2cc(-c3ccc(-c4ccc(-c5nc([C@@H]6C[C@H](C)CN6C(=O)[C@@H](NC(=O)OC)C(C)C)[nH]c5C)cc4)cc3)sc2C1)C(C)C. The number of benzene rings is 2. The molecule has 0 radical (unpaired) electrons. The van der Waals surface area contributed by atoms with Crippen LogP contribution in [0.15, 0.2) is 59.6 Å². The minimum atomic E-state index is -0.698. The van der Waals surface area contributed by atoms with Crippen molar-refractivity contribution < 1.29 is 28.7 Å². The van der Waals surface area contributed by atoms with Gasteiger partial charge in [0.25, 0.3) is 0 Å². The van der Waals surface area contributed by atoms with Gasteiger partial charge in [-0.2, -0.15) is 0 Å². The van der Waals surface area contributed by atoms with Gasteiger partial charge < -0.3 is 34.9 Å². The number of fused-ring (bicyclic) bond motifs is 1. The number of carbonyl (C=O) groups excluding carboxylic acids is 4. The monoisotopic (exact) mass is 835 g/mol. The first kappa shape index (κ1) is 42.6. The zero-order chi connectivity index (χ0) is 43.0. The molecule has 318 valence electrons. The van der Waals surface area contributed by atoms with Gasteiger partial charge in [0.05, 0.1) is 37.7 Å². The summed E-state index contributed by atoms with van der Waals surface area (Å²) in [4.78, 5) is 71.3. The number of aliphatic imine (C=N–C) groups is 1. The summed E-state index contributed by atoms with van der Waals surface area (Å²) in [6, 6.07) is 17.5. The molecule has 5 heterocycles. The Morgan fingerprint density at radius 2 is 1.23 bits per heavy atom. The standard InChI is InChI=1S/C46H57N7O6S/c1-24(2)39(50-45(56)58-8)43(54)52-22-26(5)18-35(52)33-20-38-34(48-33)21-37(60-38)31-14-10-29(11-15-31)30-12-16-32(17-13-30)41-28(7)47-42(49-41)36-19-27(6)23-53(36)44(55)40(25(3)4)51-46(57)59-9/h10-17,21,24-27,35-36,39-40H,18-20,22-23H2,1-9H3,(H,47,49)(H,50,56)(H,51,57)/t26-,27-,35-,36-,39-,40-/m0/s1. The molecule has 2 aromatic carbocycles. The number of H-pyrrole nitrogens is 1. The Morgan fingerprint density at radius 1 is 0.750 bits per heavy atom.